The quantitative estimate of drug-likeness (QED) is 0.778. The molecule has 0 bridgehead atoms. The van der Waals surface area contributed by atoms with Crippen LogP contribution in [-0.4, -0.2) is 46.9 Å². The van der Waals surface area contributed by atoms with Gasteiger partial charge < -0.3 is 15.3 Å². The maximum Gasteiger partial charge on any atom is 0.308 e. The van der Waals surface area contributed by atoms with E-state index in [9.17, 15) is 19.5 Å². The SMILES string of the molecule is CC(C)CNC(=O)CN1C(=O)CC(C)C(C(=O)O)C1C. The van der Waals surface area contributed by atoms with Gasteiger partial charge in [-0.1, -0.05) is 20.8 Å². The average molecular weight is 284 g/mol. The van der Waals surface area contributed by atoms with E-state index >= 15 is 0 Å². The third kappa shape index (κ3) is 3.95. The number of piperidine rings is 1. The smallest absolute Gasteiger partial charge is 0.308 e. The van der Waals surface area contributed by atoms with Crippen LogP contribution in [-0.2, 0) is 14.4 Å². The molecule has 0 aromatic rings. The minimum absolute atomic E-state index is 0.0662. The van der Waals surface area contributed by atoms with Gasteiger partial charge in [-0.3, -0.25) is 14.4 Å². The number of likely N-dealkylation sites (tertiary alicyclic amines) is 1. The molecule has 3 atom stereocenters. The zero-order chi connectivity index (χ0) is 15.4. The van der Waals surface area contributed by atoms with Crippen LogP contribution in [0.2, 0.25) is 0 Å². The second-order valence-corrected chi connectivity index (χ2v) is 6.01. The standard InChI is InChI=1S/C14H24N2O4/c1-8(2)6-15-11(17)7-16-10(4)13(14(19)20)9(3)5-12(16)18/h8-10,13H,5-7H2,1-4H3,(H,15,17)(H,19,20). The highest BCUT2D eigenvalue weighted by Crippen LogP contribution is 2.29. The Balaban J connectivity index is 2.70. The Kier molecular flexibility index (Phi) is 5.53. The largest absolute Gasteiger partial charge is 0.481 e. The number of aliphatic carboxylic acids is 1. The van der Waals surface area contributed by atoms with Crippen LogP contribution in [0, 0.1) is 17.8 Å². The summed E-state index contributed by atoms with van der Waals surface area (Å²) in [5, 5.41) is 12.0. The van der Waals surface area contributed by atoms with Crippen molar-refractivity contribution in [1.82, 2.24) is 10.2 Å². The molecule has 2 amide bonds. The Bertz CT molecular complexity index is 395. The number of nitrogens with one attached hydrogen (secondary N) is 1. The summed E-state index contributed by atoms with van der Waals surface area (Å²) < 4.78 is 0. The highest BCUT2D eigenvalue weighted by Gasteiger charge is 2.42. The molecule has 0 spiro atoms. The third-order valence-corrected chi connectivity index (χ3v) is 3.75. The number of carboxylic acids is 1. The van der Waals surface area contributed by atoms with Crippen molar-refractivity contribution in [2.75, 3.05) is 13.1 Å². The molecule has 1 aliphatic rings. The fourth-order valence-electron chi connectivity index (χ4n) is 2.63. The molecule has 1 heterocycles. The van der Waals surface area contributed by atoms with Gasteiger partial charge in [0.1, 0.15) is 0 Å². The van der Waals surface area contributed by atoms with E-state index in [0.717, 1.165) is 0 Å². The molecule has 1 rings (SSSR count). The van der Waals surface area contributed by atoms with Crippen LogP contribution in [0.15, 0.2) is 0 Å². The first-order chi connectivity index (χ1) is 9.23. The first kappa shape index (κ1) is 16.5. The van der Waals surface area contributed by atoms with Gasteiger partial charge in [0.15, 0.2) is 0 Å². The van der Waals surface area contributed by atoms with Gasteiger partial charge in [0, 0.05) is 19.0 Å². The molecule has 6 heteroatoms. The molecule has 0 radical (unpaired) electrons. The van der Waals surface area contributed by atoms with Gasteiger partial charge in [0.25, 0.3) is 0 Å². The number of carboxylic acid groups (broad SMARTS) is 1. The van der Waals surface area contributed by atoms with E-state index in [4.69, 9.17) is 0 Å². The molecule has 0 saturated carbocycles. The topological polar surface area (TPSA) is 86.7 Å². The van der Waals surface area contributed by atoms with E-state index in [1.807, 2.05) is 13.8 Å². The van der Waals surface area contributed by atoms with Crippen molar-refractivity contribution in [2.24, 2.45) is 17.8 Å². The van der Waals surface area contributed by atoms with E-state index in [1.165, 1.54) is 4.90 Å². The number of amides is 2. The summed E-state index contributed by atoms with van der Waals surface area (Å²) in [6, 6.07) is -0.464. The molecule has 20 heavy (non-hydrogen) atoms. The van der Waals surface area contributed by atoms with Crippen molar-refractivity contribution in [3.8, 4) is 0 Å². The van der Waals surface area contributed by atoms with Gasteiger partial charge in [-0.2, -0.15) is 0 Å². The van der Waals surface area contributed by atoms with Crippen LogP contribution in [0.5, 0.6) is 0 Å². The Morgan fingerprint density at radius 2 is 2.00 bits per heavy atom. The van der Waals surface area contributed by atoms with Gasteiger partial charge in [-0.05, 0) is 18.8 Å². The molecule has 1 fully saturated rings. The lowest BCUT2D eigenvalue weighted by atomic mass is 9.81. The average Bonchev–Trinajstić information content (AvgIpc) is 2.31. The summed E-state index contributed by atoms with van der Waals surface area (Å²) in [6.45, 7) is 7.91. The number of rotatable bonds is 5. The monoisotopic (exact) mass is 284 g/mol. The Hall–Kier alpha value is -1.59. The predicted octanol–water partition coefficient (Wildman–Crippen LogP) is 0.716. The normalized spacial score (nSPS) is 26.8. The molecular weight excluding hydrogens is 260 g/mol. The number of hydrogen-bond acceptors (Lipinski definition) is 3. The first-order valence-electron chi connectivity index (χ1n) is 7.03. The van der Waals surface area contributed by atoms with Crippen molar-refractivity contribution in [3.63, 3.8) is 0 Å². The van der Waals surface area contributed by atoms with Crippen LogP contribution >= 0.6 is 0 Å². The molecule has 1 saturated heterocycles. The number of carbonyl (C=O) groups excluding carboxylic acids is 2. The third-order valence-electron chi connectivity index (χ3n) is 3.75. The van der Waals surface area contributed by atoms with E-state index in [-0.39, 0.29) is 30.7 Å². The summed E-state index contributed by atoms with van der Waals surface area (Å²) in [5.74, 6) is -1.79. The lowest BCUT2D eigenvalue weighted by molar-refractivity contribution is -0.156. The molecule has 0 aliphatic carbocycles. The van der Waals surface area contributed by atoms with Crippen LogP contribution in [0.4, 0.5) is 0 Å². The molecule has 3 unspecified atom stereocenters. The minimum Gasteiger partial charge on any atom is -0.481 e. The van der Waals surface area contributed by atoms with Crippen molar-refractivity contribution in [3.05, 3.63) is 0 Å². The summed E-state index contributed by atoms with van der Waals surface area (Å²) in [4.78, 5) is 36.5. The lowest BCUT2D eigenvalue weighted by Crippen LogP contribution is -2.55. The van der Waals surface area contributed by atoms with Crippen LogP contribution in [0.1, 0.15) is 34.1 Å². The lowest BCUT2D eigenvalue weighted by Gasteiger charge is -2.40. The zero-order valence-electron chi connectivity index (χ0n) is 12.5. The molecule has 2 N–H and O–H groups in total. The predicted molar refractivity (Wildman–Crippen MR) is 73.9 cm³/mol. The van der Waals surface area contributed by atoms with Gasteiger partial charge in [0.05, 0.1) is 12.5 Å². The Morgan fingerprint density at radius 1 is 1.40 bits per heavy atom. The fourth-order valence-corrected chi connectivity index (χ4v) is 2.63. The van der Waals surface area contributed by atoms with Gasteiger partial charge in [-0.15, -0.1) is 0 Å². The Morgan fingerprint density at radius 3 is 2.50 bits per heavy atom. The van der Waals surface area contributed by atoms with Gasteiger partial charge >= 0.3 is 5.97 Å². The zero-order valence-corrected chi connectivity index (χ0v) is 12.5. The first-order valence-corrected chi connectivity index (χ1v) is 7.03. The number of nitrogens with zero attached hydrogens (tertiary/aromatic N) is 1. The van der Waals surface area contributed by atoms with Crippen LogP contribution < -0.4 is 5.32 Å². The second kappa shape index (κ2) is 6.72. The van der Waals surface area contributed by atoms with E-state index in [1.54, 1.807) is 13.8 Å². The highest BCUT2D eigenvalue weighted by molar-refractivity contribution is 5.87. The second-order valence-electron chi connectivity index (χ2n) is 6.01. The Labute approximate surface area is 119 Å². The molecule has 0 aromatic carbocycles. The molecular formula is C14H24N2O4. The highest BCUT2D eigenvalue weighted by atomic mass is 16.4. The summed E-state index contributed by atoms with van der Waals surface area (Å²) in [6.07, 6.45) is 0.179. The van der Waals surface area contributed by atoms with Gasteiger partial charge in [0.2, 0.25) is 11.8 Å². The molecule has 0 aromatic heterocycles. The van der Waals surface area contributed by atoms with Crippen molar-refractivity contribution >= 4 is 17.8 Å². The van der Waals surface area contributed by atoms with E-state index in [2.05, 4.69) is 5.32 Å². The maximum absolute atomic E-state index is 12.0. The number of carbonyl (C=O) groups is 3. The fraction of sp³-hybridized carbons (Fsp3) is 0.786. The number of hydrogen-bond donors (Lipinski definition) is 2. The summed E-state index contributed by atoms with van der Waals surface area (Å²) >= 11 is 0. The van der Waals surface area contributed by atoms with Crippen molar-refractivity contribution < 1.29 is 19.5 Å². The van der Waals surface area contributed by atoms with Crippen molar-refractivity contribution in [2.45, 2.75) is 40.2 Å². The minimum atomic E-state index is -0.912. The van der Waals surface area contributed by atoms with E-state index in [0.29, 0.717) is 12.5 Å². The summed E-state index contributed by atoms with van der Waals surface area (Å²) in [7, 11) is 0. The van der Waals surface area contributed by atoms with Crippen molar-refractivity contribution in [1.29, 1.82) is 0 Å². The molecule has 6 nitrogen and oxygen atoms in total. The molecule has 114 valence electrons. The molecule has 1 aliphatic heterocycles. The van der Waals surface area contributed by atoms with Crippen LogP contribution in [0.25, 0.3) is 0 Å². The van der Waals surface area contributed by atoms with E-state index < -0.39 is 17.9 Å². The summed E-state index contributed by atoms with van der Waals surface area (Å²) in [5.41, 5.74) is 0. The maximum atomic E-state index is 12.0. The van der Waals surface area contributed by atoms with Crippen LogP contribution in [0.3, 0.4) is 0 Å². The van der Waals surface area contributed by atoms with Gasteiger partial charge in [-0.25, -0.2) is 0 Å².